The van der Waals surface area contributed by atoms with Crippen LogP contribution in [0.1, 0.15) is 52.4 Å². The van der Waals surface area contributed by atoms with Crippen LogP contribution in [0.15, 0.2) is 24.3 Å². The highest BCUT2D eigenvalue weighted by Gasteiger charge is 2.29. The molecular weight excluding hydrogens is 248 g/mol. The molecule has 1 saturated carbocycles. The van der Waals surface area contributed by atoms with Gasteiger partial charge >= 0.3 is 0 Å². The van der Waals surface area contributed by atoms with Crippen LogP contribution in [0.2, 0.25) is 0 Å². The first-order chi connectivity index (χ1) is 9.72. The Hall–Kier alpha value is -1.51. The van der Waals surface area contributed by atoms with Crippen molar-refractivity contribution in [2.45, 2.75) is 58.4 Å². The van der Waals surface area contributed by atoms with E-state index in [0.717, 1.165) is 30.6 Å². The van der Waals surface area contributed by atoms with Crippen LogP contribution in [0, 0.1) is 5.92 Å². The number of hydrogen-bond donors (Lipinski definition) is 2. The molecule has 3 heteroatoms. The molecular formula is C17H26N2O. The molecule has 20 heavy (non-hydrogen) atoms. The fourth-order valence-corrected chi connectivity index (χ4v) is 2.34. The lowest BCUT2D eigenvalue weighted by Crippen LogP contribution is -2.18. The maximum atomic E-state index is 11.8. The van der Waals surface area contributed by atoms with E-state index in [1.165, 1.54) is 19.3 Å². The van der Waals surface area contributed by atoms with Crippen molar-refractivity contribution >= 4 is 17.3 Å². The van der Waals surface area contributed by atoms with E-state index in [1.54, 1.807) is 0 Å². The molecule has 0 radical (unpaired) electrons. The summed E-state index contributed by atoms with van der Waals surface area (Å²) in [4.78, 5) is 11.8. The van der Waals surface area contributed by atoms with E-state index >= 15 is 0 Å². The number of carbonyl (C=O) groups is 1. The number of benzene rings is 1. The SMILES string of the molecule is CCCCC(CC)Nc1cccc(NC(=O)C2CC2)c1. The van der Waals surface area contributed by atoms with Crippen molar-refractivity contribution in [3.05, 3.63) is 24.3 Å². The second kappa shape index (κ2) is 7.32. The van der Waals surface area contributed by atoms with Crippen molar-refractivity contribution in [3.63, 3.8) is 0 Å². The number of nitrogens with one attached hydrogen (secondary N) is 2. The molecule has 3 nitrogen and oxygen atoms in total. The molecule has 1 fully saturated rings. The van der Waals surface area contributed by atoms with Crippen LogP contribution in [-0.4, -0.2) is 11.9 Å². The van der Waals surface area contributed by atoms with Gasteiger partial charge < -0.3 is 10.6 Å². The van der Waals surface area contributed by atoms with Crippen LogP contribution in [0.25, 0.3) is 0 Å². The highest BCUT2D eigenvalue weighted by molar-refractivity contribution is 5.94. The molecule has 0 heterocycles. The number of amides is 1. The molecule has 1 aliphatic carbocycles. The van der Waals surface area contributed by atoms with Gasteiger partial charge in [-0.1, -0.05) is 32.8 Å². The summed E-state index contributed by atoms with van der Waals surface area (Å²) in [5, 5.41) is 6.57. The van der Waals surface area contributed by atoms with Crippen molar-refractivity contribution in [2.24, 2.45) is 5.92 Å². The molecule has 0 bridgehead atoms. The van der Waals surface area contributed by atoms with Gasteiger partial charge in [-0.25, -0.2) is 0 Å². The molecule has 0 aromatic heterocycles. The van der Waals surface area contributed by atoms with Crippen molar-refractivity contribution in [1.82, 2.24) is 0 Å². The van der Waals surface area contributed by atoms with Crippen LogP contribution in [0.3, 0.4) is 0 Å². The lowest BCUT2D eigenvalue weighted by Gasteiger charge is -2.18. The summed E-state index contributed by atoms with van der Waals surface area (Å²) in [5.41, 5.74) is 2.00. The predicted molar refractivity (Wildman–Crippen MR) is 85.0 cm³/mol. The summed E-state index contributed by atoms with van der Waals surface area (Å²) in [6.07, 6.45) is 6.89. The Morgan fingerprint density at radius 2 is 2.05 bits per heavy atom. The molecule has 2 rings (SSSR count). The third-order valence-electron chi connectivity index (χ3n) is 3.85. The summed E-state index contributed by atoms with van der Waals surface area (Å²) in [6.45, 7) is 4.44. The van der Waals surface area contributed by atoms with Gasteiger partial charge in [-0.15, -0.1) is 0 Å². The molecule has 1 atom stereocenters. The maximum absolute atomic E-state index is 11.8. The lowest BCUT2D eigenvalue weighted by molar-refractivity contribution is -0.117. The minimum Gasteiger partial charge on any atom is -0.382 e. The monoisotopic (exact) mass is 274 g/mol. The summed E-state index contributed by atoms with van der Waals surface area (Å²) >= 11 is 0. The Morgan fingerprint density at radius 3 is 2.70 bits per heavy atom. The van der Waals surface area contributed by atoms with Crippen molar-refractivity contribution in [1.29, 1.82) is 0 Å². The second-order valence-electron chi connectivity index (χ2n) is 5.74. The predicted octanol–water partition coefficient (Wildman–Crippen LogP) is 4.42. The number of rotatable bonds is 8. The van der Waals surface area contributed by atoms with Crippen molar-refractivity contribution < 1.29 is 4.79 Å². The molecule has 1 aliphatic rings. The summed E-state index contributed by atoms with van der Waals surface area (Å²) < 4.78 is 0. The highest BCUT2D eigenvalue weighted by Crippen LogP contribution is 2.30. The fourth-order valence-electron chi connectivity index (χ4n) is 2.34. The number of hydrogen-bond acceptors (Lipinski definition) is 2. The molecule has 1 aromatic rings. The zero-order valence-electron chi connectivity index (χ0n) is 12.6. The number of anilines is 2. The van der Waals surface area contributed by atoms with Crippen LogP contribution in [0.4, 0.5) is 11.4 Å². The molecule has 1 amide bonds. The lowest BCUT2D eigenvalue weighted by atomic mass is 10.1. The zero-order valence-corrected chi connectivity index (χ0v) is 12.6. The van der Waals surface area contributed by atoms with Gasteiger partial charge in [-0.3, -0.25) is 4.79 Å². The molecule has 1 aromatic carbocycles. The smallest absolute Gasteiger partial charge is 0.227 e. The van der Waals surface area contributed by atoms with Crippen LogP contribution < -0.4 is 10.6 Å². The van der Waals surface area contributed by atoms with Gasteiger partial charge in [0.1, 0.15) is 0 Å². The molecule has 1 unspecified atom stereocenters. The van der Waals surface area contributed by atoms with Gasteiger partial charge in [0.2, 0.25) is 5.91 Å². The molecule has 2 N–H and O–H groups in total. The van der Waals surface area contributed by atoms with E-state index < -0.39 is 0 Å². The number of unbranched alkanes of at least 4 members (excludes halogenated alkanes) is 1. The maximum Gasteiger partial charge on any atom is 0.227 e. The first-order valence-corrected chi connectivity index (χ1v) is 7.90. The average Bonchev–Trinajstić information content (AvgIpc) is 3.28. The topological polar surface area (TPSA) is 41.1 Å². The molecule has 0 aliphatic heterocycles. The standard InChI is InChI=1S/C17H26N2O/c1-3-5-7-14(4-2)18-15-8-6-9-16(12-15)19-17(20)13-10-11-13/h6,8-9,12-14,18H,3-5,7,10-11H2,1-2H3,(H,19,20). The first-order valence-electron chi connectivity index (χ1n) is 7.90. The van der Waals surface area contributed by atoms with Crippen molar-refractivity contribution in [3.8, 4) is 0 Å². The van der Waals surface area contributed by atoms with E-state index in [4.69, 9.17) is 0 Å². The Kier molecular flexibility index (Phi) is 5.45. The molecule has 110 valence electrons. The Bertz CT molecular complexity index is 440. The normalized spacial score (nSPS) is 15.7. The molecule has 0 saturated heterocycles. The highest BCUT2D eigenvalue weighted by atomic mass is 16.2. The summed E-state index contributed by atoms with van der Waals surface area (Å²) in [7, 11) is 0. The third-order valence-corrected chi connectivity index (χ3v) is 3.85. The molecule has 0 spiro atoms. The van der Waals surface area contributed by atoms with Crippen LogP contribution in [-0.2, 0) is 4.79 Å². The largest absolute Gasteiger partial charge is 0.382 e. The van der Waals surface area contributed by atoms with Gasteiger partial charge in [-0.05, 0) is 43.9 Å². The first kappa shape index (κ1) is 14.9. The van der Waals surface area contributed by atoms with Crippen LogP contribution >= 0.6 is 0 Å². The van der Waals surface area contributed by atoms with Gasteiger partial charge in [0, 0.05) is 23.3 Å². The van der Waals surface area contributed by atoms with E-state index in [-0.39, 0.29) is 11.8 Å². The van der Waals surface area contributed by atoms with Gasteiger partial charge in [0.05, 0.1) is 0 Å². The quantitative estimate of drug-likeness (QED) is 0.737. The zero-order chi connectivity index (χ0) is 14.4. The fraction of sp³-hybridized carbons (Fsp3) is 0.588. The van der Waals surface area contributed by atoms with E-state index in [0.29, 0.717) is 6.04 Å². The van der Waals surface area contributed by atoms with Gasteiger partial charge in [-0.2, -0.15) is 0 Å². The van der Waals surface area contributed by atoms with E-state index in [9.17, 15) is 4.79 Å². The van der Waals surface area contributed by atoms with Gasteiger partial charge in [0.15, 0.2) is 0 Å². The minimum absolute atomic E-state index is 0.167. The third kappa shape index (κ3) is 4.55. The van der Waals surface area contributed by atoms with E-state index in [1.807, 2.05) is 18.2 Å². The summed E-state index contributed by atoms with van der Waals surface area (Å²) in [5.74, 6) is 0.416. The Morgan fingerprint density at radius 1 is 1.30 bits per heavy atom. The van der Waals surface area contributed by atoms with Crippen molar-refractivity contribution in [2.75, 3.05) is 10.6 Å². The summed E-state index contributed by atoms with van der Waals surface area (Å²) in [6, 6.07) is 8.58. The Labute approximate surface area is 122 Å². The minimum atomic E-state index is 0.167. The number of carbonyl (C=O) groups excluding carboxylic acids is 1. The average molecular weight is 274 g/mol. The van der Waals surface area contributed by atoms with E-state index in [2.05, 4.69) is 30.5 Å². The Balaban J connectivity index is 1.92. The second-order valence-corrected chi connectivity index (χ2v) is 5.74. The van der Waals surface area contributed by atoms with Crippen LogP contribution in [0.5, 0.6) is 0 Å². The van der Waals surface area contributed by atoms with Gasteiger partial charge in [0.25, 0.3) is 0 Å².